The molecule has 0 saturated carbocycles. The fourth-order valence-corrected chi connectivity index (χ4v) is 1.16. The van der Waals surface area contributed by atoms with Gasteiger partial charge in [0, 0.05) is 13.7 Å². The summed E-state index contributed by atoms with van der Waals surface area (Å²) in [6.07, 6.45) is 2.03. The molecule has 1 rings (SSSR count). The summed E-state index contributed by atoms with van der Waals surface area (Å²) in [6.45, 7) is 3.21. The van der Waals surface area contributed by atoms with Gasteiger partial charge in [-0.25, -0.2) is 4.98 Å². The summed E-state index contributed by atoms with van der Waals surface area (Å²) in [7, 11) is 1.62. The molecule has 100 valence electrons. The van der Waals surface area contributed by atoms with Gasteiger partial charge in [-0.3, -0.25) is 10.1 Å². The number of nitro groups is 1. The minimum atomic E-state index is -0.582. The van der Waals surface area contributed by atoms with E-state index in [1.165, 1.54) is 0 Å². The molecular weight excluding hydrogens is 240 g/mol. The molecule has 0 fully saturated rings. The average Bonchev–Trinajstić information content (AvgIpc) is 2.38. The van der Waals surface area contributed by atoms with E-state index in [2.05, 4.69) is 15.3 Å². The van der Waals surface area contributed by atoms with Gasteiger partial charge in [0.05, 0.1) is 11.5 Å². The monoisotopic (exact) mass is 256 g/mol. The van der Waals surface area contributed by atoms with Crippen molar-refractivity contribution in [2.45, 2.75) is 13.3 Å². The zero-order chi connectivity index (χ0) is 13.4. The van der Waals surface area contributed by atoms with Gasteiger partial charge in [0.1, 0.15) is 12.8 Å². The lowest BCUT2D eigenvalue weighted by Gasteiger charge is -2.07. The van der Waals surface area contributed by atoms with Crippen molar-refractivity contribution < 1.29 is 14.4 Å². The summed E-state index contributed by atoms with van der Waals surface area (Å²) in [5.41, 5.74) is -0.260. The molecule has 18 heavy (non-hydrogen) atoms. The SMILES string of the molecule is CCCOCCOc1nc(NC)ncc1[N+](=O)[O-]. The highest BCUT2D eigenvalue weighted by molar-refractivity contribution is 5.42. The predicted octanol–water partition coefficient (Wildman–Crippen LogP) is 1.23. The van der Waals surface area contributed by atoms with Crippen LogP contribution in [0.1, 0.15) is 13.3 Å². The number of anilines is 1. The molecule has 8 heteroatoms. The quantitative estimate of drug-likeness (QED) is 0.424. The lowest BCUT2D eigenvalue weighted by Crippen LogP contribution is -2.10. The smallest absolute Gasteiger partial charge is 0.349 e. The van der Waals surface area contributed by atoms with E-state index in [4.69, 9.17) is 9.47 Å². The first kappa shape index (κ1) is 14.1. The first-order valence-corrected chi connectivity index (χ1v) is 5.58. The molecule has 0 spiro atoms. The summed E-state index contributed by atoms with van der Waals surface area (Å²) in [5, 5.41) is 13.4. The van der Waals surface area contributed by atoms with Crippen molar-refractivity contribution in [3.05, 3.63) is 16.3 Å². The number of hydrogen-bond acceptors (Lipinski definition) is 7. The summed E-state index contributed by atoms with van der Waals surface area (Å²) in [5.74, 6) is 0.213. The Labute approximate surface area is 104 Å². The third-order valence-corrected chi connectivity index (χ3v) is 1.97. The number of aromatic nitrogens is 2. The zero-order valence-electron chi connectivity index (χ0n) is 10.4. The first-order valence-electron chi connectivity index (χ1n) is 5.58. The van der Waals surface area contributed by atoms with Crippen LogP contribution < -0.4 is 10.1 Å². The average molecular weight is 256 g/mol. The van der Waals surface area contributed by atoms with Crippen LogP contribution >= 0.6 is 0 Å². The van der Waals surface area contributed by atoms with Crippen molar-refractivity contribution in [1.29, 1.82) is 0 Å². The van der Waals surface area contributed by atoms with Crippen LogP contribution in [-0.2, 0) is 4.74 Å². The van der Waals surface area contributed by atoms with Gasteiger partial charge in [0.25, 0.3) is 5.88 Å². The fourth-order valence-electron chi connectivity index (χ4n) is 1.16. The molecule has 1 N–H and O–H groups in total. The maximum atomic E-state index is 10.8. The van der Waals surface area contributed by atoms with Gasteiger partial charge in [-0.2, -0.15) is 4.98 Å². The van der Waals surface area contributed by atoms with E-state index in [1.807, 2.05) is 6.92 Å². The van der Waals surface area contributed by atoms with E-state index in [-0.39, 0.29) is 24.1 Å². The Morgan fingerprint density at radius 2 is 2.22 bits per heavy atom. The Hall–Kier alpha value is -1.96. The molecule has 0 amide bonds. The van der Waals surface area contributed by atoms with Crippen LogP contribution in [0.3, 0.4) is 0 Å². The van der Waals surface area contributed by atoms with Gasteiger partial charge in [-0.15, -0.1) is 0 Å². The maximum Gasteiger partial charge on any atom is 0.349 e. The van der Waals surface area contributed by atoms with Crippen molar-refractivity contribution in [2.75, 3.05) is 32.2 Å². The van der Waals surface area contributed by atoms with Crippen molar-refractivity contribution in [2.24, 2.45) is 0 Å². The molecule has 8 nitrogen and oxygen atoms in total. The van der Waals surface area contributed by atoms with Gasteiger partial charge < -0.3 is 14.8 Å². The zero-order valence-corrected chi connectivity index (χ0v) is 10.4. The van der Waals surface area contributed by atoms with Crippen LogP contribution in [0, 0.1) is 10.1 Å². The second-order valence-electron chi connectivity index (χ2n) is 3.35. The van der Waals surface area contributed by atoms with Crippen LogP contribution in [0.2, 0.25) is 0 Å². The van der Waals surface area contributed by atoms with Crippen LogP contribution in [0.4, 0.5) is 11.6 Å². The van der Waals surface area contributed by atoms with E-state index in [9.17, 15) is 10.1 Å². The third kappa shape index (κ3) is 4.13. The molecule has 1 heterocycles. The molecule has 0 aromatic carbocycles. The largest absolute Gasteiger partial charge is 0.470 e. The first-order chi connectivity index (χ1) is 8.69. The minimum Gasteiger partial charge on any atom is -0.470 e. The lowest BCUT2D eigenvalue weighted by molar-refractivity contribution is -0.386. The molecule has 0 unspecified atom stereocenters. The van der Waals surface area contributed by atoms with Crippen molar-refractivity contribution in [1.82, 2.24) is 9.97 Å². The normalized spacial score (nSPS) is 10.1. The fraction of sp³-hybridized carbons (Fsp3) is 0.600. The van der Waals surface area contributed by atoms with Gasteiger partial charge in [-0.1, -0.05) is 6.92 Å². The van der Waals surface area contributed by atoms with Crippen LogP contribution in [-0.4, -0.2) is 41.8 Å². The summed E-state index contributed by atoms with van der Waals surface area (Å²) < 4.78 is 10.4. The van der Waals surface area contributed by atoms with E-state index < -0.39 is 4.92 Å². The second-order valence-corrected chi connectivity index (χ2v) is 3.35. The van der Waals surface area contributed by atoms with E-state index in [0.717, 1.165) is 12.6 Å². The lowest BCUT2D eigenvalue weighted by atomic mass is 10.5. The minimum absolute atomic E-state index is 0.0561. The highest BCUT2D eigenvalue weighted by Crippen LogP contribution is 2.24. The third-order valence-electron chi connectivity index (χ3n) is 1.97. The van der Waals surface area contributed by atoms with Crippen LogP contribution in [0.15, 0.2) is 6.20 Å². The predicted molar refractivity (Wildman–Crippen MR) is 64.8 cm³/mol. The number of rotatable bonds is 8. The van der Waals surface area contributed by atoms with Crippen LogP contribution in [0.25, 0.3) is 0 Å². The van der Waals surface area contributed by atoms with E-state index in [0.29, 0.717) is 13.2 Å². The Morgan fingerprint density at radius 3 is 2.83 bits per heavy atom. The van der Waals surface area contributed by atoms with Crippen molar-refractivity contribution in [3.63, 3.8) is 0 Å². The molecule has 0 atom stereocenters. The molecule has 1 aromatic rings. The van der Waals surface area contributed by atoms with Gasteiger partial charge in [0.15, 0.2) is 0 Å². The Morgan fingerprint density at radius 1 is 1.44 bits per heavy atom. The van der Waals surface area contributed by atoms with Gasteiger partial charge in [0.2, 0.25) is 5.95 Å². The Balaban J connectivity index is 2.63. The highest BCUT2D eigenvalue weighted by Gasteiger charge is 2.18. The number of nitrogens with one attached hydrogen (secondary N) is 1. The van der Waals surface area contributed by atoms with E-state index >= 15 is 0 Å². The number of nitrogens with zero attached hydrogens (tertiary/aromatic N) is 3. The standard InChI is InChI=1S/C10H16N4O4/c1-3-4-17-5-6-18-9-8(14(15)16)7-12-10(11-2)13-9/h7H,3-6H2,1-2H3,(H,11,12,13). The van der Waals surface area contributed by atoms with Crippen molar-refractivity contribution >= 4 is 11.6 Å². The van der Waals surface area contributed by atoms with Crippen molar-refractivity contribution in [3.8, 4) is 5.88 Å². The molecule has 0 saturated heterocycles. The molecule has 1 aromatic heterocycles. The van der Waals surface area contributed by atoms with E-state index in [1.54, 1.807) is 7.05 Å². The van der Waals surface area contributed by atoms with Gasteiger partial charge >= 0.3 is 5.69 Å². The second kappa shape index (κ2) is 7.38. The Kier molecular flexibility index (Phi) is 5.78. The van der Waals surface area contributed by atoms with Gasteiger partial charge in [-0.05, 0) is 6.42 Å². The molecule has 0 aliphatic carbocycles. The number of hydrogen-bond donors (Lipinski definition) is 1. The van der Waals surface area contributed by atoms with Crippen LogP contribution in [0.5, 0.6) is 5.88 Å². The molecule has 0 bridgehead atoms. The summed E-state index contributed by atoms with van der Waals surface area (Å²) >= 11 is 0. The topological polar surface area (TPSA) is 99.4 Å². The molecule has 0 aliphatic rings. The molecule has 0 aliphatic heterocycles. The summed E-state index contributed by atoms with van der Waals surface area (Å²) in [6, 6.07) is 0. The Bertz CT molecular complexity index is 399. The summed E-state index contributed by atoms with van der Waals surface area (Å²) in [4.78, 5) is 17.8. The highest BCUT2D eigenvalue weighted by atomic mass is 16.6. The maximum absolute atomic E-state index is 10.8. The number of ether oxygens (including phenoxy) is 2. The molecule has 0 radical (unpaired) electrons. The molecular formula is C10H16N4O4.